The molecule has 1 rings (SSSR count). The molecule has 15 heavy (non-hydrogen) atoms. The minimum atomic E-state index is -0.0992. The summed E-state index contributed by atoms with van der Waals surface area (Å²) < 4.78 is 1.76. The van der Waals surface area contributed by atoms with Crippen molar-refractivity contribution in [1.82, 2.24) is 14.9 Å². The van der Waals surface area contributed by atoms with Gasteiger partial charge in [0, 0.05) is 24.6 Å². The van der Waals surface area contributed by atoms with Crippen LogP contribution >= 0.6 is 15.9 Å². The molecule has 5 heteroatoms. The Morgan fingerprint density at radius 3 is 3.00 bits per heavy atom. The normalized spacial score (nSPS) is 12.5. The van der Waals surface area contributed by atoms with Crippen LogP contribution in [-0.4, -0.2) is 26.8 Å². The van der Waals surface area contributed by atoms with Crippen LogP contribution in [0.5, 0.6) is 0 Å². The highest BCUT2D eigenvalue weighted by Gasteiger charge is 2.07. The maximum Gasteiger partial charge on any atom is 0.271 e. The molecule has 1 aromatic rings. The van der Waals surface area contributed by atoms with Gasteiger partial charge < -0.3 is 9.88 Å². The Kier molecular flexibility index (Phi) is 4.81. The van der Waals surface area contributed by atoms with Crippen LogP contribution in [0.15, 0.2) is 12.5 Å². The number of imidazole rings is 1. The Bertz CT molecular complexity index is 322. The van der Waals surface area contributed by atoms with E-state index in [1.807, 2.05) is 7.05 Å². The van der Waals surface area contributed by atoms with E-state index in [1.54, 1.807) is 17.1 Å². The third-order valence-corrected chi connectivity index (χ3v) is 2.46. The number of alkyl halides is 1. The molecule has 1 unspecified atom stereocenters. The molecule has 0 spiro atoms. The zero-order valence-corrected chi connectivity index (χ0v) is 10.6. The van der Waals surface area contributed by atoms with Crippen LogP contribution in [0, 0.1) is 0 Å². The summed E-state index contributed by atoms with van der Waals surface area (Å²) in [6.45, 7) is 2.80. The highest BCUT2D eigenvalue weighted by atomic mass is 79.9. The molecular formula is C10H16BrN3O. The Hall–Kier alpha value is -0.840. The van der Waals surface area contributed by atoms with Gasteiger partial charge in [-0.15, -0.1) is 0 Å². The van der Waals surface area contributed by atoms with Gasteiger partial charge >= 0.3 is 0 Å². The molecule has 0 aliphatic carbocycles. The van der Waals surface area contributed by atoms with Gasteiger partial charge in [0.25, 0.3) is 5.91 Å². The Balaban J connectivity index is 2.25. The summed E-state index contributed by atoms with van der Waals surface area (Å²) in [6, 6.07) is 0. The molecule has 4 nitrogen and oxygen atoms in total. The quantitative estimate of drug-likeness (QED) is 0.656. The molecule has 84 valence electrons. The Labute approximate surface area is 98.2 Å². The first kappa shape index (κ1) is 12.2. The standard InChI is InChI=1S/C10H16BrN3O/c1-8(11)4-3-5-12-10(15)9-6-14(2)7-13-9/h6-8H,3-5H2,1-2H3,(H,12,15). The van der Waals surface area contributed by atoms with Gasteiger partial charge in [0.15, 0.2) is 0 Å². The second-order valence-electron chi connectivity index (χ2n) is 3.60. The van der Waals surface area contributed by atoms with Crippen molar-refractivity contribution in [3.05, 3.63) is 18.2 Å². The molecule has 1 aromatic heterocycles. The lowest BCUT2D eigenvalue weighted by atomic mass is 10.2. The van der Waals surface area contributed by atoms with E-state index < -0.39 is 0 Å². The largest absolute Gasteiger partial charge is 0.351 e. The molecule has 1 heterocycles. The molecule has 0 saturated carbocycles. The molecule has 0 radical (unpaired) electrons. The van der Waals surface area contributed by atoms with Crippen molar-refractivity contribution in [1.29, 1.82) is 0 Å². The molecular weight excluding hydrogens is 258 g/mol. The van der Waals surface area contributed by atoms with Gasteiger partial charge in [0.1, 0.15) is 5.69 Å². The summed E-state index contributed by atoms with van der Waals surface area (Å²) in [5.74, 6) is -0.0992. The fraction of sp³-hybridized carbons (Fsp3) is 0.600. The summed E-state index contributed by atoms with van der Waals surface area (Å²) in [4.78, 5) is 16.0. The van der Waals surface area contributed by atoms with E-state index in [0.29, 0.717) is 17.1 Å². The molecule has 1 atom stereocenters. The zero-order valence-electron chi connectivity index (χ0n) is 9.03. The molecule has 0 bridgehead atoms. The molecule has 0 aliphatic rings. The lowest BCUT2D eigenvalue weighted by Crippen LogP contribution is -2.25. The van der Waals surface area contributed by atoms with E-state index in [0.717, 1.165) is 12.8 Å². The van der Waals surface area contributed by atoms with Gasteiger partial charge in [-0.3, -0.25) is 4.79 Å². The monoisotopic (exact) mass is 273 g/mol. The Morgan fingerprint density at radius 1 is 1.73 bits per heavy atom. The van der Waals surface area contributed by atoms with Crippen molar-refractivity contribution in [2.45, 2.75) is 24.6 Å². The van der Waals surface area contributed by atoms with Crippen molar-refractivity contribution in [3.63, 3.8) is 0 Å². The predicted octanol–water partition coefficient (Wildman–Crippen LogP) is 1.71. The second kappa shape index (κ2) is 5.90. The van der Waals surface area contributed by atoms with Crippen LogP contribution in [-0.2, 0) is 7.05 Å². The lowest BCUT2D eigenvalue weighted by Gasteiger charge is -2.04. The third-order valence-electron chi connectivity index (χ3n) is 2.00. The molecule has 0 aromatic carbocycles. The number of nitrogens with one attached hydrogen (secondary N) is 1. The second-order valence-corrected chi connectivity index (χ2v) is 5.17. The van der Waals surface area contributed by atoms with Crippen LogP contribution < -0.4 is 5.32 Å². The van der Waals surface area contributed by atoms with Gasteiger partial charge in [-0.1, -0.05) is 22.9 Å². The highest BCUT2D eigenvalue weighted by molar-refractivity contribution is 9.09. The first-order valence-electron chi connectivity index (χ1n) is 5.00. The van der Waals surface area contributed by atoms with Crippen molar-refractivity contribution in [3.8, 4) is 0 Å². The summed E-state index contributed by atoms with van der Waals surface area (Å²) >= 11 is 3.46. The molecule has 0 aliphatic heterocycles. The highest BCUT2D eigenvalue weighted by Crippen LogP contribution is 2.05. The van der Waals surface area contributed by atoms with E-state index in [9.17, 15) is 4.79 Å². The summed E-state index contributed by atoms with van der Waals surface area (Å²) in [6.07, 6.45) is 5.37. The Morgan fingerprint density at radius 2 is 2.47 bits per heavy atom. The van der Waals surface area contributed by atoms with Crippen LogP contribution in [0.2, 0.25) is 0 Å². The van der Waals surface area contributed by atoms with Crippen LogP contribution in [0.25, 0.3) is 0 Å². The first-order chi connectivity index (χ1) is 7.09. The van der Waals surface area contributed by atoms with Crippen molar-refractivity contribution in [2.24, 2.45) is 7.05 Å². The van der Waals surface area contributed by atoms with Crippen LogP contribution in [0.4, 0.5) is 0 Å². The van der Waals surface area contributed by atoms with Crippen LogP contribution in [0.1, 0.15) is 30.3 Å². The molecule has 0 saturated heterocycles. The van der Waals surface area contributed by atoms with Gasteiger partial charge in [-0.05, 0) is 12.8 Å². The van der Waals surface area contributed by atoms with Crippen molar-refractivity contribution < 1.29 is 4.79 Å². The van der Waals surface area contributed by atoms with Crippen molar-refractivity contribution in [2.75, 3.05) is 6.54 Å². The van der Waals surface area contributed by atoms with E-state index >= 15 is 0 Å². The first-order valence-corrected chi connectivity index (χ1v) is 5.91. The average Bonchev–Trinajstić information content (AvgIpc) is 2.59. The molecule has 0 fully saturated rings. The molecule has 1 N–H and O–H groups in total. The smallest absolute Gasteiger partial charge is 0.271 e. The third kappa shape index (κ3) is 4.46. The van der Waals surface area contributed by atoms with E-state index in [2.05, 4.69) is 33.2 Å². The van der Waals surface area contributed by atoms with Gasteiger partial charge in [0.05, 0.1) is 6.33 Å². The summed E-state index contributed by atoms with van der Waals surface area (Å²) in [7, 11) is 1.84. The minimum Gasteiger partial charge on any atom is -0.351 e. The fourth-order valence-corrected chi connectivity index (χ4v) is 1.53. The number of aromatic nitrogens is 2. The van der Waals surface area contributed by atoms with Gasteiger partial charge in [-0.2, -0.15) is 0 Å². The number of carbonyl (C=O) groups is 1. The number of rotatable bonds is 5. The van der Waals surface area contributed by atoms with E-state index in [1.165, 1.54) is 0 Å². The van der Waals surface area contributed by atoms with Gasteiger partial charge in [-0.25, -0.2) is 4.98 Å². The van der Waals surface area contributed by atoms with E-state index in [-0.39, 0.29) is 5.91 Å². The summed E-state index contributed by atoms with van der Waals surface area (Å²) in [5.41, 5.74) is 0.476. The lowest BCUT2D eigenvalue weighted by molar-refractivity contribution is 0.0948. The predicted molar refractivity (Wildman–Crippen MR) is 63.2 cm³/mol. The number of aryl methyl sites for hydroxylation is 1. The maximum atomic E-state index is 11.5. The SMILES string of the molecule is CC(Br)CCCNC(=O)c1cn(C)cn1. The zero-order chi connectivity index (χ0) is 11.3. The number of hydrogen-bond donors (Lipinski definition) is 1. The fourth-order valence-electron chi connectivity index (χ4n) is 1.21. The number of nitrogens with zero attached hydrogens (tertiary/aromatic N) is 2. The number of halogens is 1. The number of hydrogen-bond acceptors (Lipinski definition) is 2. The van der Waals surface area contributed by atoms with Gasteiger partial charge in [0.2, 0.25) is 0 Å². The average molecular weight is 274 g/mol. The maximum absolute atomic E-state index is 11.5. The topological polar surface area (TPSA) is 46.9 Å². The van der Waals surface area contributed by atoms with Crippen molar-refractivity contribution >= 4 is 21.8 Å². The van der Waals surface area contributed by atoms with E-state index in [4.69, 9.17) is 0 Å². The molecule has 1 amide bonds. The summed E-state index contributed by atoms with van der Waals surface area (Å²) in [5, 5.41) is 2.83. The minimum absolute atomic E-state index is 0.0992. The number of carbonyl (C=O) groups excluding carboxylic acids is 1. The number of amides is 1. The van der Waals surface area contributed by atoms with Crippen LogP contribution in [0.3, 0.4) is 0 Å².